The van der Waals surface area contributed by atoms with Gasteiger partial charge in [-0.15, -0.1) is 5.10 Å². The van der Waals surface area contributed by atoms with E-state index >= 15 is 0 Å². The van der Waals surface area contributed by atoms with Crippen molar-refractivity contribution in [2.45, 2.75) is 25.7 Å². The van der Waals surface area contributed by atoms with Gasteiger partial charge in [-0.2, -0.15) is 5.10 Å². The Hall–Kier alpha value is -2.77. The van der Waals surface area contributed by atoms with E-state index in [1.54, 1.807) is 12.7 Å². The third-order valence-electron chi connectivity index (χ3n) is 5.12. The van der Waals surface area contributed by atoms with Gasteiger partial charge in [-0.3, -0.25) is 0 Å². The first kappa shape index (κ1) is 14.6. The van der Waals surface area contributed by atoms with E-state index in [1.165, 1.54) is 24.1 Å². The Bertz CT molecular complexity index is 899. The van der Waals surface area contributed by atoms with Crippen LogP contribution in [-0.4, -0.2) is 49.8 Å². The lowest BCUT2D eigenvalue weighted by Gasteiger charge is -2.40. The maximum atomic E-state index is 4.43. The van der Waals surface area contributed by atoms with Gasteiger partial charge in [0, 0.05) is 25.6 Å². The van der Waals surface area contributed by atoms with Crippen LogP contribution in [0, 0.1) is 5.92 Å². The third kappa shape index (κ3) is 2.67. The summed E-state index contributed by atoms with van der Waals surface area (Å²) in [5.41, 5.74) is 4.14. The molecular formula is C17H20N8. The first-order valence-electron chi connectivity index (χ1n) is 8.85. The number of hydrogen-bond acceptors (Lipinski definition) is 7. The topological polar surface area (TPSA) is 95.5 Å². The van der Waals surface area contributed by atoms with E-state index in [9.17, 15) is 0 Å². The lowest BCUT2D eigenvalue weighted by atomic mass is 9.95. The SMILES string of the molecule is c1nc(NCC2CN(c3cc4c(nn3)CCCC4)C2)c2[nH]cnc2n1. The molecule has 4 heterocycles. The number of imidazole rings is 1. The Morgan fingerprint density at radius 3 is 3.00 bits per heavy atom. The molecule has 0 radical (unpaired) electrons. The lowest BCUT2D eigenvalue weighted by molar-refractivity contribution is 0.424. The Balaban J connectivity index is 1.20. The first-order chi connectivity index (χ1) is 12.4. The van der Waals surface area contributed by atoms with Crippen molar-refractivity contribution >= 4 is 22.8 Å². The molecule has 3 aromatic rings. The van der Waals surface area contributed by atoms with Gasteiger partial charge in [-0.1, -0.05) is 0 Å². The minimum atomic E-state index is 0.575. The zero-order chi connectivity index (χ0) is 16.6. The van der Waals surface area contributed by atoms with Crippen LogP contribution in [0.15, 0.2) is 18.7 Å². The molecule has 2 aliphatic rings. The van der Waals surface area contributed by atoms with E-state index in [1.807, 2.05) is 0 Å². The van der Waals surface area contributed by atoms with Gasteiger partial charge in [0.25, 0.3) is 0 Å². The molecule has 0 atom stereocenters. The molecule has 0 spiro atoms. The van der Waals surface area contributed by atoms with Gasteiger partial charge in [0.2, 0.25) is 0 Å². The fourth-order valence-electron chi connectivity index (χ4n) is 3.66. The summed E-state index contributed by atoms with van der Waals surface area (Å²) in [6.07, 6.45) is 7.92. The fourth-order valence-corrected chi connectivity index (χ4v) is 3.66. The first-order valence-corrected chi connectivity index (χ1v) is 8.85. The average molecular weight is 336 g/mol. The van der Waals surface area contributed by atoms with Crippen molar-refractivity contribution in [2.75, 3.05) is 29.9 Å². The van der Waals surface area contributed by atoms with Crippen molar-refractivity contribution in [3.8, 4) is 0 Å². The summed E-state index contributed by atoms with van der Waals surface area (Å²) in [7, 11) is 0. The molecule has 1 fully saturated rings. The Kier molecular flexibility index (Phi) is 3.46. The molecule has 1 aliphatic carbocycles. The van der Waals surface area contributed by atoms with Crippen LogP contribution in [0.25, 0.3) is 11.2 Å². The number of hydrogen-bond donors (Lipinski definition) is 2. The van der Waals surface area contributed by atoms with Gasteiger partial charge < -0.3 is 15.2 Å². The lowest BCUT2D eigenvalue weighted by Crippen LogP contribution is -2.50. The van der Waals surface area contributed by atoms with Crippen LogP contribution in [0.3, 0.4) is 0 Å². The molecule has 128 valence electrons. The highest BCUT2D eigenvalue weighted by Crippen LogP contribution is 2.27. The van der Waals surface area contributed by atoms with E-state index in [0.717, 1.165) is 49.6 Å². The summed E-state index contributed by atoms with van der Waals surface area (Å²) in [6, 6.07) is 2.24. The highest BCUT2D eigenvalue weighted by atomic mass is 15.3. The summed E-state index contributed by atoms with van der Waals surface area (Å²) in [5.74, 6) is 2.41. The van der Waals surface area contributed by atoms with Crippen LogP contribution in [0.5, 0.6) is 0 Å². The predicted molar refractivity (Wildman–Crippen MR) is 94.6 cm³/mol. The van der Waals surface area contributed by atoms with E-state index < -0.39 is 0 Å². The summed E-state index contributed by atoms with van der Waals surface area (Å²) in [5, 5.41) is 12.3. The van der Waals surface area contributed by atoms with Crippen LogP contribution in [0.2, 0.25) is 0 Å². The molecule has 0 amide bonds. The summed E-state index contributed by atoms with van der Waals surface area (Å²) in [4.78, 5) is 18.0. The third-order valence-corrected chi connectivity index (χ3v) is 5.12. The minimum Gasteiger partial charge on any atom is -0.368 e. The molecule has 0 bridgehead atoms. The molecule has 2 N–H and O–H groups in total. The van der Waals surface area contributed by atoms with Crippen molar-refractivity contribution < 1.29 is 0 Å². The van der Waals surface area contributed by atoms with Crippen molar-refractivity contribution in [1.29, 1.82) is 0 Å². The second kappa shape index (κ2) is 5.94. The standard InChI is InChI=1S/C17H20N8/c1-2-4-13-12(3-1)5-14(24-23-13)25-7-11(8-25)6-18-16-15-17(20-9-19-15)22-10-21-16/h5,9-11H,1-4,6-8H2,(H2,18,19,20,21,22). The Morgan fingerprint density at radius 1 is 1.12 bits per heavy atom. The molecule has 0 aromatic carbocycles. The summed E-state index contributed by atoms with van der Waals surface area (Å²) >= 11 is 0. The molecule has 5 rings (SSSR count). The van der Waals surface area contributed by atoms with E-state index in [2.05, 4.69) is 46.4 Å². The molecule has 0 saturated carbocycles. The fraction of sp³-hybridized carbons (Fsp3) is 0.471. The molecule has 3 aromatic heterocycles. The normalized spacial score (nSPS) is 17.4. The van der Waals surface area contributed by atoms with Crippen LogP contribution in [-0.2, 0) is 12.8 Å². The van der Waals surface area contributed by atoms with Crippen molar-refractivity contribution in [1.82, 2.24) is 30.1 Å². The zero-order valence-corrected chi connectivity index (χ0v) is 13.9. The van der Waals surface area contributed by atoms with Gasteiger partial charge >= 0.3 is 0 Å². The minimum absolute atomic E-state index is 0.575. The highest BCUT2D eigenvalue weighted by molar-refractivity contribution is 5.81. The number of anilines is 2. The molecule has 8 heteroatoms. The largest absolute Gasteiger partial charge is 0.368 e. The number of nitrogens with zero attached hydrogens (tertiary/aromatic N) is 6. The van der Waals surface area contributed by atoms with Crippen molar-refractivity contribution in [3.05, 3.63) is 30.0 Å². The summed E-state index contributed by atoms with van der Waals surface area (Å²) < 4.78 is 0. The monoisotopic (exact) mass is 336 g/mol. The van der Waals surface area contributed by atoms with Gasteiger partial charge in [0.15, 0.2) is 17.3 Å². The Morgan fingerprint density at radius 2 is 2.04 bits per heavy atom. The molecule has 25 heavy (non-hydrogen) atoms. The number of rotatable bonds is 4. The number of nitrogens with one attached hydrogen (secondary N) is 2. The average Bonchev–Trinajstić information content (AvgIpc) is 3.10. The molecule has 1 aliphatic heterocycles. The second-order valence-corrected chi connectivity index (χ2v) is 6.86. The maximum Gasteiger partial charge on any atom is 0.182 e. The summed E-state index contributed by atoms with van der Waals surface area (Å²) in [6.45, 7) is 2.87. The molecular weight excluding hydrogens is 316 g/mol. The number of aryl methyl sites for hydroxylation is 2. The molecule has 0 unspecified atom stereocenters. The van der Waals surface area contributed by atoms with Crippen LogP contribution in [0.4, 0.5) is 11.6 Å². The van der Waals surface area contributed by atoms with Gasteiger partial charge in [-0.25, -0.2) is 15.0 Å². The van der Waals surface area contributed by atoms with Crippen LogP contribution >= 0.6 is 0 Å². The van der Waals surface area contributed by atoms with Crippen molar-refractivity contribution in [3.63, 3.8) is 0 Å². The van der Waals surface area contributed by atoms with E-state index in [4.69, 9.17) is 0 Å². The van der Waals surface area contributed by atoms with Crippen LogP contribution in [0.1, 0.15) is 24.1 Å². The molecule has 8 nitrogen and oxygen atoms in total. The smallest absolute Gasteiger partial charge is 0.182 e. The number of aromatic nitrogens is 6. The number of H-pyrrole nitrogens is 1. The Labute approximate surface area is 145 Å². The molecule has 1 saturated heterocycles. The second-order valence-electron chi connectivity index (χ2n) is 6.86. The van der Waals surface area contributed by atoms with Gasteiger partial charge in [-0.05, 0) is 37.3 Å². The quantitative estimate of drug-likeness (QED) is 0.746. The van der Waals surface area contributed by atoms with Gasteiger partial charge in [0.1, 0.15) is 11.8 Å². The van der Waals surface area contributed by atoms with Crippen molar-refractivity contribution in [2.24, 2.45) is 5.92 Å². The van der Waals surface area contributed by atoms with Gasteiger partial charge in [0.05, 0.1) is 12.0 Å². The number of fused-ring (bicyclic) bond motifs is 2. The van der Waals surface area contributed by atoms with E-state index in [0.29, 0.717) is 11.6 Å². The zero-order valence-electron chi connectivity index (χ0n) is 13.9. The highest BCUT2D eigenvalue weighted by Gasteiger charge is 2.29. The number of aromatic amines is 1. The maximum absolute atomic E-state index is 4.43. The van der Waals surface area contributed by atoms with E-state index in [-0.39, 0.29) is 0 Å². The predicted octanol–water partition coefficient (Wildman–Crippen LogP) is 1.57. The van der Waals surface area contributed by atoms with Crippen LogP contribution < -0.4 is 10.2 Å².